The molecule has 1 aromatic carbocycles. The Kier molecular flexibility index (Phi) is 11.7. The van der Waals surface area contributed by atoms with E-state index in [2.05, 4.69) is 26.1 Å². The third kappa shape index (κ3) is 9.32. The van der Waals surface area contributed by atoms with Gasteiger partial charge < -0.3 is 34.6 Å². The van der Waals surface area contributed by atoms with Crippen LogP contribution in [0.25, 0.3) is 0 Å². The van der Waals surface area contributed by atoms with Crippen molar-refractivity contribution in [3.05, 3.63) is 29.8 Å². The van der Waals surface area contributed by atoms with E-state index < -0.39 is 29.4 Å². The summed E-state index contributed by atoms with van der Waals surface area (Å²) in [7, 11) is 1.67. The summed E-state index contributed by atoms with van der Waals surface area (Å²) < 4.78 is 17.1. The van der Waals surface area contributed by atoms with E-state index in [0.717, 1.165) is 24.8 Å². The van der Waals surface area contributed by atoms with Crippen molar-refractivity contribution < 1.29 is 34.0 Å². The van der Waals surface area contributed by atoms with Crippen molar-refractivity contribution in [2.24, 2.45) is 23.2 Å². The molecule has 1 aliphatic heterocycles. The number of amides is 2. The van der Waals surface area contributed by atoms with Crippen LogP contribution >= 0.6 is 0 Å². The molecule has 9 heteroatoms. The number of nitrogens with zero attached hydrogens (tertiary/aromatic N) is 1. The first kappa shape index (κ1) is 34.1. The number of carbonyl (C=O) groups excluding carboxylic acids is 2. The van der Waals surface area contributed by atoms with Crippen LogP contribution in [-0.2, 0) is 19.9 Å². The number of aliphatic hydroxyl groups excluding tert-OH is 1. The van der Waals surface area contributed by atoms with Gasteiger partial charge in [0.15, 0.2) is 0 Å². The number of aliphatic hydroxyl groups is 2. The van der Waals surface area contributed by atoms with Gasteiger partial charge in [-0.25, -0.2) is 4.79 Å². The summed E-state index contributed by atoms with van der Waals surface area (Å²) >= 11 is 0. The van der Waals surface area contributed by atoms with Gasteiger partial charge in [0.2, 0.25) is 6.41 Å². The minimum absolute atomic E-state index is 0.0179. The average molecular weight is 591 g/mol. The number of carbonyl (C=O) groups is 2. The van der Waals surface area contributed by atoms with Crippen LogP contribution in [0.15, 0.2) is 24.3 Å². The number of unbranched alkanes of at least 4 members (excludes halogenated alkanes) is 1. The van der Waals surface area contributed by atoms with Crippen LogP contribution in [0.3, 0.4) is 0 Å². The molecule has 1 heterocycles. The van der Waals surface area contributed by atoms with E-state index in [1.807, 2.05) is 45.0 Å². The predicted molar refractivity (Wildman–Crippen MR) is 162 cm³/mol. The maximum atomic E-state index is 12.9. The number of hydrogen-bond acceptors (Lipinski definition) is 7. The molecule has 0 aromatic heterocycles. The minimum Gasteiger partial charge on any atom is -0.493 e. The Bertz CT molecular complexity index is 1020. The molecule has 2 amide bonds. The molecule has 42 heavy (non-hydrogen) atoms. The van der Waals surface area contributed by atoms with Gasteiger partial charge in [-0.1, -0.05) is 39.0 Å². The number of hydrogen-bond donors (Lipinski definition) is 3. The van der Waals surface area contributed by atoms with Crippen LogP contribution in [0.5, 0.6) is 5.75 Å². The Morgan fingerprint density at radius 2 is 1.83 bits per heavy atom. The molecule has 2 aliphatic rings. The molecule has 1 aromatic rings. The van der Waals surface area contributed by atoms with Crippen molar-refractivity contribution in [1.29, 1.82) is 0 Å². The molecule has 1 aliphatic carbocycles. The molecular weight excluding hydrogens is 536 g/mol. The quantitative estimate of drug-likeness (QED) is 0.235. The molecule has 2 fully saturated rings. The highest BCUT2D eigenvalue weighted by atomic mass is 16.6. The lowest BCUT2D eigenvalue weighted by Gasteiger charge is -2.48. The molecule has 9 nitrogen and oxygen atoms in total. The second kappa shape index (κ2) is 14.4. The second-order valence-electron chi connectivity index (χ2n) is 14.4. The summed E-state index contributed by atoms with van der Waals surface area (Å²) in [6.45, 7) is 13.8. The summed E-state index contributed by atoms with van der Waals surface area (Å²) in [6, 6.07) is 7.27. The monoisotopic (exact) mass is 590 g/mol. The van der Waals surface area contributed by atoms with Gasteiger partial charge in [-0.05, 0) is 82.6 Å². The Balaban J connectivity index is 1.95. The van der Waals surface area contributed by atoms with Gasteiger partial charge in [0.05, 0.1) is 24.4 Å². The lowest BCUT2D eigenvalue weighted by molar-refractivity contribution is -0.130. The lowest BCUT2D eigenvalue weighted by atomic mass is 9.64. The van der Waals surface area contributed by atoms with Crippen LogP contribution in [0, 0.1) is 23.2 Å². The molecule has 3 rings (SSSR count). The highest BCUT2D eigenvalue weighted by Gasteiger charge is 2.51. The van der Waals surface area contributed by atoms with Gasteiger partial charge >= 0.3 is 6.09 Å². The van der Waals surface area contributed by atoms with Crippen LogP contribution in [0.4, 0.5) is 4.79 Å². The number of methoxy groups -OCH3 is 1. The van der Waals surface area contributed by atoms with Gasteiger partial charge in [0.1, 0.15) is 11.4 Å². The minimum atomic E-state index is -1.28. The van der Waals surface area contributed by atoms with Crippen LogP contribution in [0.1, 0.15) is 85.6 Å². The van der Waals surface area contributed by atoms with Crippen molar-refractivity contribution in [1.82, 2.24) is 10.2 Å². The van der Waals surface area contributed by atoms with Gasteiger partial charge in [-0.2, -0.15) is 0 Å². The van der Waals surface area contributed by atoms with E-state index in [-0.39, 0.29) is 23.2 Å². The smallest absolute Gasteiger partial charge is 0.407 e. The van der Waals surface area contributed by atoms with E-state index in [1.54, 1.807) is 12.0 Å². The van der Waals surface area contributed by atoms with Gasteiger partial charge in [-0.3, -0.25) is 4.79 Å². The zero-order valence-corrected chi connectivity index (χ0v) is 26.7. The first-order valence-electron chi connectivity index (χ1n) is 15.5. The van der Waals surface area contributed by atoms with Crippen molar-refractivity contribution in [3.63, 3.8) is 0 Å². The maximum Gasteiger partial charge on any atom is 0.407 e. The maximum absolute atomic E-state index is 12.9. The second-order valence-corrected chi connectivity index (χ2v) is 14.4. The molecular formula is C33H54N2O7. The van der Waals surface area contributed by atoms with Gasteiger partial charge in [0, 0.05) is 38.3 Å². The topological polar surface area (TPSA) is 118 Å². The fraction of sp³-hybridized carbons (Fsp3) is 0.758. The summed E-state index contributed by atoms with van der Waals surface area (Å²) in [5.41, 5.74) is -1.25. The highest BCUT2D eigenvalue weighted by molar-refractivity contribution is 5.68. The van der Waals surface area contributed by atoms with Crippen LogP contribution in [-0.4, -0.2) is 78.8 Å². The largest absolute Gasteiger partial charge is 0.493 e. The first-order valence-corrected chi connectivity index (χ1v) is 15.5. The number of piperidine rings is 1. The number of para-hydroxylation sites is 1. The van der Waals surface area contributed by atoms with Gasteiger partial charge in [0.25, 0.3) is 0 Å². The molecule has 6 atom stereocenters. The van der Waals surface area contributed by atoms with E-state index in [9.17, 15) is 19.8 Å². The van der Waals surface area contributed by atoms with Crippen LogP contribution in [0.2, 0.25) is 0 Å². The van der Waals surface area contributed by atoms with E-state index in [1.165, 1.54) is 0 Å². The summed E-state index contributed by atoms with van der Waals surface area (Å²) in [4.78, 5) is 26.3. The normalized spacial score (nSPS) is 26.4. The number of nitrogens with one attached hydrogen (secondary N) is 1. The Hall–Kier alpha value is -2.36. The SMILES string of the molecule is COCCCC[C@@](O)(c1ccccc1OCC(C)(C)C)[C@H]1CN(C=O)CCC1C1C[C@H](O)[C@H](NC(=O)OC(C)(C)C)C1. The molecule has 3 N–H and O–H groups in total. The molecule has 0 spiro atoms. The molecule has 1 saturated carbocycles. The number of rotatable bonds is 12. The predicted octanol–water partition coefficient (Wildman–Crippen LogP) is 4.87. The average Bonchev–Trinajstić information content (AvgIpc) is 3.27. The zero-order valence-electron chi connectivity index (χ0n) is 26.7. The molecule has 1 saturated heterocycles. The number of likely N-dealkylation sites (tertiary alicyclic amines) is 1. The number of alkyl carbamates (subject to hydrolysis) is 1. The molecule has 0 bridgehead atoms. The fourth-order valence-corrected chi connectivity index (χ4v) is 6.58. The molecule has 2 unspecified atom stereocenters. The standard InChI is InChI=1S/C33H54N2O7/c1-31(2,3)21-41-29-13-9-8-12-25(29)33(39,15-10-11-17-40-7)26-20-35(22-36)16-14-24(26)23-18-27(28(37)19-23)34-30(38)42-32(4,5)6/h8-9,12-13,22-24,26-28,37,39H,10-11,14-21H2,1-7H3,(H,34,38)/t23?,24?,26-,27+,28-,33+/m0/s1. The first-order chi connectivity index (χ1) is 19.7. The van der Waals surface area contributed by atoms with Crippen molar-refractivity contribution in [2.45, 2.75) is 103 Å². The number of benzene rings is 1. The third-order valence-corrected chi connectivity index (χ3v) is 8.50. The summed E-state index contributed by atoms with van der Waals surface area (Å²) in [5.74, 6) is 0.423. The number of ether oxygens (including phenoxy) is 3. The fourth-order valence-electron chi connectivity index (χ4n) is 6.58. The van der Waals surface area contributed by atoms with E-state index >= 15 is 0 Å². The lowest BCUT2D eigenvalue weighted by Crippen LogP contribution is -2.52. The summed E-state index contributed by atoms with van der Waals surface area (Å²) in [5, 5.41) is 26.7. The molecule has 0 radical (unpaired) electrons. The van der Waals surface area contributed by atoms with Gasteiger partial charge in [-0.15, -0.1) is 0 Å². The Labute approximate surface area is 252 Å². The Morgan fingerprint density at radius 1 is 1.12 bits per heavy atom. The summed E-state index contributed by atoms with van der Waals surface area (Å²) in [6.07, 6.45) is 3.40. The van der Waals surface area contributed by atoms with Crippen molar-refractivity contribution >= 4 is 12.5 Å². The zero-order chi connectivity index (χ0) is 31.1. The van der Waals surface area contributed by atoms with Crippen molar-refractivity contribution in [2.75, 3.05) is 33.4 Å². The van der Waals surface area contributed by atoms with E-state index in [4.69, 9.17) is 14.2 Å². The third-order valence-electron chi connectivity index (χ3n) is 8.50. The van der Waals surface area contributed by atoms with E-state index in [0.29, 0.717) is 57.7 Å². The highest BCUT2D eigenvalue weighted by Crippen LogP contribution is 2.50. The van der Waals surface area contributed by atoms with Crippen molar-refractivity contribution in [3.8, 4) is 5.75 Å². The Morgan fingerprint density at radius 3 is 2.48 bits per heavy atom. The molecule has 238 valence electrons. The van der Waals surface area contributed by atoms with Crippen LogP contribution < -0.4 is 10.1 Å².